The summed E-state index contributed by atoms with van der Waals surface area (Å²) < 4.78 is 37.9. The lowest BCUT2D eigenvalue weighted by atomic mass is 10.2. The Morgan fingerprint density at radius 2 is 2.00 bits per heavy atom. The van der Waals surface area contributed by atoms with E-state index in [1.807, 2.05) is 0 Å². The van der Waals surface area contributed by atoms with Crippen molar-refractivity contribution in [1.82, 2.24) is 0 Å². The van der Waals surface area contributed by atoms with E-state index < -0.39 is 11.6 Å². The van der Waals surface area contributed by atoms with Crippen molar-refractivity contribution in [2.24, 2.45) is 0 Å². The van der Waals surface area contributed by atoms with Gasteiger partial charge >= 0.3 is 0 Å². The van der Waals surface area contributed by atoms with E-state index in [0.29, 0.717) is 12.0 Å². The molecule has 0 aromatic heterocycles. The Morgan fingerprint density at radius 1 is 1.24 bits per heavy atom. The van der Waals surface area contributed by atoms with Gasteiger partial charge in [-0.1, -0.05) is 0 Å². The van der Waals surface area contributed by atoms with Crippen LogP contribution in [-0.4, -0.2) is 13.4 Å². The number of carbonyl (C=O) groups is 1. The van der Waals surface area contributed by atoms with Crippen molar-refractivity contribution >= 4 is 22.2 Å². The van der Waals surface area contributed by atoms with Crippen LogP contribution >= 0.6 is 15.9 Å². The fraction of sp³-hybridized carbons (Fsp3) is 0.133. The molecule has 0 aliphatic rings. The number of halogens is 3. The third kappa shape index (κ3) is 3.39. The van der Waals surface area contributed by atoms with E-state index in [-0.39, 0.29) is 28.0 Å². The normalized spacial score (nSPS) is 10.3. The number of ether oxygens (including phenoxy) is 2. The van der Waals surface area contributed by atoms with Crippen LogP contribution in [0.2, 0.25) is 0 Å². The Kier molecular flexibility index (Phi) is 4.90. The largest absolute Gasteiger partial charge is 0.497 e. The third-order valence-electron chi connectivity index (χ3n) is 2.85. The molecule has 0 heterocycles. The quantitative estimate of drug-likeness (QED) is 0.596. The molecule has 0 unspecified atom stereocenters. The fourth-order valence-electron chi connectivity index (χ4n) is 1.73. The molecule has 2 rings (SSSR count). The number of benzene rings is 2. The van der Waals surface area contributed by atoms with Crippen molar-refractivity contribution in [1.29, 1.82) is 0 Å². The molecule has 0 spiro atoms. The van der Waals surface area contributed by atoms with E-state index in [4.69, 9.17) is 9.47 Å². The molecular weight excluding hydrogens is 346 g/mol. The van der Waals surface area contributed by atoms with Crippen molar-refractivity contribution in [3.8, 4) is 11.5 Å². The molecule has 0 saturated carbocycles. The van der Waals surface area contributed by atoms with Gasteiger partial charge in [0, 0.05) is 0 Å². The standard InChI is InChI=1S/C15H11BrF2O3/c1-20-10-2-5-14(9(6-10)7-19)21-8-11-13(17)4-3-12(16)15(11)18/h2-7H,8H2,1H3. The minimum absolute atomic E-state index is 0.146. The second-order valence-electron chi connectivity index (χ2n) is 4.13. The molecule has 0 amide bonds. The summed E-state index contributed by atoms with van der Waals surface area (Å²) in [4.78, 5) is 11.0. The Balaban J connectivity index is 2.25. The summed E-state index contributed by atoms with van der Waals surface area (Å²) in [5.74, 6) is -0.720. The van der Waals surface area contributed by atoms with Gasteiger partial charge in [-0.05, 0) is 46.3 Å². The van der Waals surface area contributed by atoms with E-state index in [2.05, 4.69) is 15.9 Å². The average Bonchev–Trinajstić information content (AvgIpc) is 2.51. The van der Waals surface area contributed by atoms with E-state index in [1.54, 1.807) is 6.07 Å². The maximum atomic E-state index is 13.8. The van der Waals surface area contributed by atoms with Gasteiger partial charge in [-0.2, -0.15) is 0 Å². The number of hydrogen-bond acceptors (Lipinski definition) is 3. The van der Waals surface area contributed by atoms with Crippen LogP contribution in [-0.2, 0) is 6.61 Å². The number of carbonyl (C=O) groups excluding carboxylic acids is 1. The van der Waals surface area contributed by atoms with Crippen molar-refractivity contribution in [3.63, 3.8) is 0 Å². The summed E-state index contributed by atoms with van der Waals surface area (Å²) in [7, 11) is 1.47. The molecular formula is C15H11BrF2O3. The lowest BCUT2D eigenvalue weighted by Gasteiger charge is -2.11. The molecule has 0 bridgehead atoms. The Labute approximate surface area is 128 Å². The molecule has 110 valence electrons. The highest BCUT2D eigenvalue weighted by Crippen LogP contribution is 2.26. The van der Waals surface area contributed by atoms with Gasteiger partial charge in [-0.25, -0.2) is 8.78 Å². The van der Waals surface area contributed by atoms with Gasteiger partial charge in [0.1, 0.15) is 29.7 Å². The van der Waals surface area contributed by atoms with Gasteiger partial charge in [0.2, 0.25) is 0 Å². The number of aldehydes is 1. The topological polar surface area (TPSA) is 35.5 Å². The van der Waals surface area contributed by atoms with Crippen LogP contribution in [0.5, 0.6) is 11.5 Å². The highest BCUT2D eigenvalue weighted by atomic mass is 79.9. The summed E-state index contributed by atoms with van der Waals surface area (Å²) in [5.41, 5.74) is 0.0298. The van der Waals surface area contributed by atoms with Crippen LogP contribution in [0, 0.1) is 11.6 Å². The van der Waals surface area contributed by atoms with Gasteiger partial charge < -0.3 is 9.47 Å². The molecule has 2 aromatic rings. The molecule has 0 atom stereocenters. The lowest BCUT2D eigenvalue weighted by molar-refractivity contribution is 0.111. The van der Waals surface area contributed by atoms with Gasteiger partial charge in [0.05, 0.1) is 22.7 Å². The predicted octanol–water partition coefficient (Wildman–Crippen LogP) is 4.13. The first-order chi connectivity index (χ1) is 10.1. The van der Waals surface area contributed by atoms with Crippen molar-refractivity contribution in [2.45, 2.75) is 6.61 Å². The lowest BCUT2D eigenvalue weighted by Crippen LogP contribution is -2.04. The Morgan fingerprint density at radius 3 is 2.67 bits per heavy atom. The zero-order valence-corrected chi connectivity index (χ0v) is 12.6. The highest BCUT2D eigenvalue weighted by molar-refractivity contribution is 9.10. The smallest absolute Gasteiger partial charge is 0.153 e. The van der Waals surface area contributed by atoms with Gasteiger partial charge in [0.25, 0.3) is 0 Å². The monoisotopic (exact) mass is 356 g/mol. The predicted molar refractivity (Wildman–Crippen MR) is 76.8 cm³/mol. The van der Waals surface area contributed by atoms with E-state index >= 15 is 0 Å². The third-order valence-corrected chi connectivity index (χ3v) is 3.47. The molecule has 0 aliphatic carbocycles. The maximum absolute atomic E-state index is 13.8. The van der Waals surface area contributed by atoms with Crippen molar-refractivity contribution in [2.75, 3.05) is 7.11 Å². The number of rotatable bonds is 5. The van der Waals surface area contributed by atoms with E-state index in [9.17, 15) is 13.6 Å². The van der Waals surface area contributed by atoms with Crippen LogP contribution in [0.15, 0.2) is 34.8 Å². The van der Waals surface area contributed by atoms with Crippen molar-refractivity contribution in [3.05, 3.63) is 57.6 Å². The Bertz CT molecular complexity index is 674. The minimum atomic E-state index is -0.726. The van der Waals surface area contributed by atoms with Crippen LogP contribution in [0.4, 0.5) is 8.78 Å². The first-order valence-corrected chi connectivity index (χ1v) is 6.74. The summed E-state index contributed by atoms with van der Waals surface area (Å²) in [6.45, 7) is -0.329. The summed E-state index contributed by atoms with van der Waals surface area (Å²) in [6.07, 6.45) is 0.589. The molecule has 0 fully saturated rings. The molecule has 6 heteroatoms. The molecule has 0 saturated heterocycles. The first-order valence-electron chi connectivity index (χ1n) is 5.95. The van der Waals surface area contributed by atoms with Crippen LogP contribution < -0.4 is 9.47 Å². The van der Waals surface area contributed by atoms with Crippen LogP contribution in [0.1, 0.15) is 15.9 Å². The van der Waals surface area contributed by atoms with Crippen LogP contribution in [0.3, 0.4) is 0 Å². The highest BCUT2D eigenvalue weighted by Gasteiger charge is 2.14. The molecule has 0 N–H and O–H groups in total. The zero-order chi connectivity index (χ0) is 15.4. The minimum Gasteiger partial charge on any atom is -0.497 e. The summed E-state index contributed by atoms with van der Waals surface area (Å²) >= 11 is 2.98. The molecule has 21 heavy (non-hydrogen) atoms. The van der Waals surface area contributed by atoms with E-state index in [0.717, 1.165) is 6.07 Å². The molecule has 0 radical (unpaired) electrons. The van der Waals surface area contributed by atoms with Crippen molar-refractivity contribution < 1.29 is 23.0 Å². The fourth-order valence-corrected chi connectivity index (χ4v) is 2.10. The summed E-state index contributed by atoms with van der Waals surface area (Å²) in [5, 5.41) is 0. The molecule has 2 aromatic carbocycles. The second kappa shape index (κ2) is 6.67. The molecule has 0 aliphatic heterocycles. The van der Waals surface area contributed by atoms with Crippen LogP contribution in [0.25, 0.3) is 0 Å². The molecule has 3 nitrogen and oxygen atoms in total. The number of hydrogen-bond donors (Lipinski definition) is 0. The first kappa shape index (κ1) is 15.4. The Hall–Kier alpha value is -1.95. The van der Waals surface area contributed by atoms with Gasteiger partial charge in [-0.15, -0.1) is 0 Å². The second-order valence-corrected chi connectivity index (χ2v) is 4.99. The zero-order valence-electron chi connectivity index (χ0n) is 11.0. The van der Waals surface area contributed by atoms with E-state index in [1.165, 1.54) is 25.3 Å². The maximum Gasteiger partial charge on any atom is 0.153 e. The van der Waals surface area contributed by atoms with Gasteiger partial charge in [-0.3, -0.25) is 4.79 Å². The summed E-state index contributed by atoms with van der Waals surface area (Å²) in [6, 6.07) is 7.00. The average molecular weight is 357 g/mol. The SMILES string of the molecule is COc1ccc(OCc2c(F)ccc(Br)c2F)c(C=O)c1. The van der Waals surface area contributed by atoms with Gasteiger partial charge in [0.15, 0.2) is 6.29 Å². The number of methoxy groups -OCH3 is 1.